The molecule has 0 aliphatic heterocycles. The van der Waals surface area contributed by atoms with Crippen molar-refractivity contribution in [1.82, 2.24) is 4.98 Å². The molecule has 5 heteroatoms. The molecule has 1 aromatic heterocycles. The van der Waals surface area contributed by atoms with Crippen LogP contribution in [0.5, 0.6) is 0 Å². The highest BCUT2D eigenvalue weighted by Gasteiger charge is 2.30. The molecule has 0 amide bonds. The molecular weight excluding hydrogens is 205 g/mol. The van der Waals surface area contributed by atoms with E-state index in [4.69, 9.17) is 5.73 Å². The lowest BCUT2D eigenvalue weighted by molar-refractivity contribution is -0.137. The predicted molar refractivity (Wildman–Crippen MR) is 51.2 cm³/mol. The Kier molecular flexibility index (Phi) is 3.68. The zero-order valence-corrected chi connectivity index (χ0v) is 8.38. The van der Waals surface area contributed by atoms with Crippen molar-refractivity contribution in [3.05, 3.63) is 29.6 Å². The van der Waals surface area contributed by atoms with Crippen LogP contribution < -0.4 is 5.73 Å². The van der Waals surface area contributed by atoms with Crippen LogP contribution in [0.15, 0.2) is 18.3 Å². The summed E-state index contributed by atoms with van der Waals surface area (Å²) in [6.07, 6.45) is -2.05. The molecule has 0 aromatic carbocycles. The van der Waals surface area contributed by atoms with Gasteiger partial charge in [-0.1, -0.05) is 6.92 Å². The van der Waals surface area contributed by atoms with Gasteiger partial charge in [-0.15, -0.1) is 0 Å². The minimum absolute atomic E-state index is 0.138. The van der Waals surface area contributed by atoms with Gasteiger partial charge in [0.05, 0.1) is 5.56 Å². The van der Waals surface area contributed by atoms with Gasteiger partial charge < -0.3 is 5.73 Å². The molecular formula is C10H13F3N2. The molecule has 2 nitrogen and oxygen atoms in total. The van der Waals surface area contributed by atoms with E-state index in [1.807, 2.05) is 6.92 Å². The lowest BCUT2D eigenvalue weighted by atomic mass is 10.1. The Morgan fingerprint density at radius 3 is 2.67 bits per heavy atom. The Balaban J connectivity index is 2.84. The molecule has 0 aliphatic rings. The summed E-state index contributed by atoms with van der Waals surface area (Å²) in [6.45, 7) is 1.89. The zero-order valence-electron chi connectivity index (χ0n) is 8.38. The highest BCUT2D eigenvalue weighted by Crippen LogP contribution is 2.29. The third-order valence-corrected chi connectivity index (χ3v) is 2.14. The zero-order chi connectivity index (χ0) is 11.5. The van der Waals surface area contributed by atoms with E-state index in [9.17, 15) is 13.2 Å². The fourth-order valence-corrected chi connectivity index (χ4v) is 1.18. The summed E-state index contributed by atoms with van der Waals surface area (Å²) in [6, 6.07) is 1.87. The maximum absolute atomic E-state index is 12.3. The number of nitrogens with two attached hydrogens (primary N) is 1. The Labute approximate surface area is 86.3 Å². The average Bonchev–Trinajstić information content (AvgIpc) is 2.17. The Hall–Kier alpha value is -1.10. The summed E-state index contributed by atoms with van der Waals surface area (Å²) in [5.74, 6) is 0. The number of alkyl halides is 3. The molecule has 0 bridgehead atoms. The van der Waals surface area contributed by atoms with Crippen molar-refractivity contribution in [1.29, 1.82) is 0 Å². The standard InChI is InChI=1S/C10H13F3N2/c1-2-8(14)6-9-5-7(3-4-15-9)10(11,12)13/h3-5,8H,2,6,14H2,1H3. The first-order chi connectivity index (χ1) is 6.93. The second-order valence-electron chi connectivity index (χ2n) is 3.41. The number of halogens is 3. The lowest BCUT2D eigenvalue weighted by Gasteiger charge is -2.10. The second kappa shape index (κ2) is 4.61. The molecule has 0 spiro atoms. The van der Waals surface area contributed by atoms with Crippen molar-refractivity contribution in [3.8, 4) is 0 Å². The van der Waals surface area contributed by atoms with Gasteiger partial charge in [0.2, 0.25) is 0 Å². The van der Waals surface area contributed by atoms with E-state index in [2.05, 4.69) is 4.98 Å². The van der Waals surface area contributed by atoms with Gasteiger partial charge in [0.15, 0.2) is 0 Å². The maximum atomic E-state index is 12.3. The summed E-state index contributed by atoms with van der Waals surface area (Å²) in [5, 5.41) is 0. The Morgan fingerprint density at radius 2 is 2.13 bits per heavy atom. The normalized spacial score (nSPS) is 13.9. The second-order valence-corrected chi connectivity index (χ2v) is 3.41. The SMILES string of the molecule is CCC(N)Cc1cc(C(F)(F)F)ccn1. The molecule has 1 rings (SSSR count). The van der Waals surface area contributed by atoms with E-state index in [-0.39, 0.29) is 6.04 Å². The largest absolute Gasteiger partial charge is 0.416 e. The molecule has 1 atom stereocenters. The highest BCUT2D eigenvalue weighted by atomic mass is 19.4. The first kappa shape index (κ1) is 12.0. The van der Waals surface area contributed by atoms with Gasteiger partial charge in [-0.3, -0.25) is 4.98 Å². The van der Waals surface area contributed by atoms with Crippen molar-refractivity contribution in [2.45, 2.75) is 32.0 Å². The first-order valence-corrected chi connectivity index (χ1v) is 4.71. The first-order valence-electron chi connectivity index (χ1n) is 4.71. The Bertz CT molecular complexity index is 323. The molecule has 0 radical (unpaired) electrons. The molecule has 1 heterocycles. The van der Waals surface area contributed by atoms with Crippen molar-refractivity contribution < 1.29 is 13.2 Å². The van der Waals surface area contributed by atoms with Gasteiger partial charge >= 0.3 is 6.18 Å². The number of aromatic nitrogens is 1. The van der Waals surface area contributed by atoms with Gasteiger partial charge in [0, 0.05) is 24.4 Å². The van der Waals surface area contributed by atoms with Crippen LogP contribution in [0.1, 0.15) is 24.6 Å². The smallest absolute Gasteiger partial charge is 0.327 e. The molecule has 1 unspecified atom stereocenters. The molecule has 0 saturated carbocycles. The van der Waals surface area contributed by atoms with E-state index < -0.39 is 11.7 Å². The van der Waals surface area contributed by atoms with Crippen LogP contribution in [0, 0.1) is 0 Å². The summed E-state index contributed by atoms with van der Waals surface area (Å²) >= 11 is 0. The third kappa shape index (κ3) is 3.51. The van der Waals surface area contributed by atoms with Crippen molar-refractivity contribution in [2.24, 2.45) is 5.73 Å². The van der Waals surface area contributed by atoms with Gasteiger partial charge in [-0.25, -0.2) is 0 Å². The van der Waals surface area contributed by atoms with Crippen LogP contribution in [0.2, 0.25) is 0 Å². The lowest BCUT2D eigenvalue weighted by Crippen LogP contribution is -2.22. The number of hydrogen-bond acceptors (Lipinski definition) is 2. The van der Waals surface area contributed by atoms with Crippen LogP contribution >= 0.6 is 0 Å². The minimum atomic E-state index is -4.31. The van der Waals surface area contributed by atoms with Gasteiger partial charge in [-0.05, 0) is 18.6 Å². The summed E-state index contributed by atoms with van der Waals surface area (Å²) in [5.41, 5.74) is 5.36. The minimum Gasteiger partial charge on any atom is -0.327 e. The van der Waals surface area contributed by atoms with Crippen LogP contribution in [-0.4, -0.2) is 11.0 Å². The van der Waals surface area contributed by atoms with Crippen molar-refractivity contribution >= 4 is 0 Å². The van der Waals surface area contributed by atoms with E-state index in [0.29, 0.717) is 12.1 Å². The van der Waals surface area contributed by atoms with Gasteiger partial charge in [-0.2, -0.15) is 13.2 Å². The van der Waals surface area contributed by atoms with E-state index in [0.717, 1.165) is 18.6 Å². The number of nitrogens with zero attached hydrogens (tertiary/aromatic N) is 1. The summed E-state index contributed by atoms with van der Waals surface area (Å²) in [4.78, 5) is 3.86. The highest BCUT2D eigenvalue weighted by molar-refractivity contribution is 5.19. The Morgan fingerprint density at radius 1 is 1.47 bits per heavy atom. The monoisotopic (exact) mass is 218 g/mol. The van der Waals surface area contributed by atoms with Gasteiger partial charge in [0.25, 0.3) is 0 Å². The van der Waals surface area contributed by atoms with Crippen LogP contribution in [-0.2, 0) is 12.6 Å². The fourth-order valence-electron chi connectivity index (χ4n) is 1.18. The van der Waals surface area contributed by atoms with Crippen LogP contribution in [0.25, 0.3) is 0 Å². The van der Waals surface area contributed by atoms with Crippen LogP contribution in [0.3, 0.4) is 0 Å². The molecule has 15 heavy (non-hydrogen) atoms. The fraction of sp³-hybridized carbons (Fsp3) is 0.500. The molecule has 2 N–H and O–H groups in total. The predicted octanol–water partition coefficient (Wildman–Crippen LogP) is 2.38. The quantitative estimate of drug-likeness (QED) is 0.845. The number of pyridine rings is 1. The summed E-state index contributed by atoms with van der Waals surface area (Å²) in [7, 11) is 0. The van der Waals surface area contributed by atoms with Crippen LogP contribution in [0.4, 0.5) is 13.2 Å². The van der Waals surface area contributed by atoms with E-state index in [1.165, 1.54) is 6.20 Å². The van der Waals surface area contributed by atoms with E-state index in [1.54, 1.807) is 0 Å². The molecule has 0 aliphatic carbocycles. The molecule has 84 valence electrons. The van der Waals surface area contributed by atoms with Gasteiger partial charge in [0.1, 0.15) is 0 Å². The topological polar surface area (TPSA) is 38.9 Å². The summed E-state index contributed by atoms with van der Waals surface area (Å²) < 4.78 is 37.0. The molecule has 0 saturated heterocycles. The number of rotatable bonds is 3. The van der Waals surface area contributed by atoms with Crippen molar-refractivity contribution in [3.63, 3.8) is 0 Å². The molecule has 0 fully saturated rings. The number of hydrogen-bond donors (Lipinski definition) is 1. The average molecular weight is 218 g/mol. The maximum Gasteiger partial charge on any atom is 0.416 e. The third-order valence-electron chi connectivity index (χ3n) is 2.14. The van der Waals surface area contributed by atoms with Crippen molar-refractivity contribution in [2.75, 3.05) is 0 Å². The molecule has 1 aromatic rings. The van der Waals surface area contributed by atoms with E-state index >= 15 is 0 Å².